The molecule has 0 spiro atoms. The van der Waals surface area contributed by atoms with Crippen LogP contribution in [-0.2, 0) is 6.42 Å². The van der Waals surface area contributed by atoms with E-state index in [1.54, 1.807) is 0 Å². The van der Waals surface area contributed by atoms with Crippen molar-refractivity contribution in [3.8, 4) is 0 Å². The number of likely N-dealkylation sites (N-methyl/N-ethyl adjacent to an activating group) is 1. The zero-order valence-corrected chi connectivity index (χ0v) is 11.0. The number of hydrogen-bond donors (Lipinski definition) is 1. The van der Waals surface area contributed by atoms with Crippen LogP contribution in [0.2, 0.25) is 10.0 Å². The Morgan fingerprint density at radius 2 is 2.06 bits per heavy atom. The van der Waals surface area contributed by atoms with Gasteiger partial charge in [-0.1, -0.05) is 36.2 Å². The molecule has 1 aliphatic carbocycles. The molecule has 2 rings (SSSR count). The Kier molecular flexibility index (Phi) is 4.12. The van der Waals surface area contributed by atoms with Crippen LogP contribution in [-0.4, -0.2) is 12.6 Å². The van der Waals surface area contributed by atoms with Crippen LogP contribution in [0.15, 0.2) is 18.2 Å². The molecular formula is C13H17Cl2N. The first-order chi connectivity index (χ1) is 7.70. The first-order valence-electron chi connectivity index (χ1n) is 5.88. The van der Waals surface area contributed by atoms with Crippen molar-refractivity contribution in [3.05, 3.63) is 33.8 Å². The fraction of sp³-hybridized carbons (Fsp3) is 0.538. The molecule has 1 unspecified atom stereocenters. The number of benzene rings is 1. The molecule has 3 heteroatoms. The van der Waals surface area contributed by atoms with Crippen molar-refractivity contribution in [1.82, 2.24) is 5.32 Å². The molecule has 0 aliphatic heterocycles. The fourth-order valence-corrected chi connectivity index (χ4v) is 2.41. The third-order valence-electron chi connectivity index (χ3n) is 3.10. The number of nitrogens with one attached hydrogen (secondary N) is 1. The maximum absolute atomic E-state index is 6.02. The van der Waals surface area contributed by atoms with Gasteiger partial charge < -0.3 is 5.32 Å². The Labute approximate surface area is 107 Å². The van der Waals surface area contributed by atoms with Gasteiger partial charge in [-0.15, -0.1) is 0 Å². The van der Waals surface area contributed by atoms with Crippen molar-refractivity contribution in [2.75, 3.05) is 6.54 Å². The summed E-state index contributed by atoms with van der Waals surface area (Å²) in [6.07, 6.45) is 3.77. The molecule has 0 bridgehead atoms. The molecule has 0 saturated heterocycles. The van der Waals surface area contributed by atoms with Crippen molar-refractivity contribution in [1.29, 1.82) is 0 Å². The van der Waals surface area contributed by atoms with E-state index in [4.69, 9.17) is 23.2 Å². The summed E-state index contributed by atoms with van der Waals surface area (Å²) >= 11 is 11.9. The smallest absolute Gasteiger partial charge is 0.0595 e. The van der Waals surface area contributed by atoms with Gasteiger partial charge in [-0.25, -0.2) is 0 Å². The maximum Gasteiger partial charge on any atom is 0.0595 e. The molecule has 1 nitrogen and oxygen atoms in total. The highest BCUT2D eigenvalue weighted by molar-refractivity contribution is 6.42. The van der Waals surface area contributed by atoms with Crippen LogP contribution in [0, 0.1) is 5.92 Å². The van der Waals surface area contributed by atoms with Gasteiger partial charge in [0.2, 0.25) is 0 Å². The molecule has 1 aliphatic rings. The van der Waals surface area contributed by atoms with Gasteiger partial charge in [0.15, 0.2) is 0 Å². The summed E-state index contributed by atoms with van der Waals surface area (Å²) in [5.74, 6) is 0.856. The van der Waals surface area contributed by atoms with E-state index < -0.39 is 0 Å². The highest BCUT2D eigenvalue weighted by Gasteiger charge is 2.30. The van der Waals surface area contributed by atoms with Crippen molar-refractivity contribution < 1.29 is 0 Å². The quantitative estimate of drug-likeness (QED) is 0.843. The van der Waals surface area contributed by atoms with E-state index >= 15 is 0 Å². The SMILES string of the molecule is CCNC(Cc1ccc(Cl)c(Cl)c1)C1CC1. The van der Waals surface area contributed by atoms with Crippen LogP contribution in [0.1, 0.15) is 25.3 Å². The minimum absolute atomic E-state index is 0.599. The molecule has 16 heavy (non-hydrogen) atoms. The van der Waals surface area contributed by atoms with Crippen LogP contribution in [0.4, 0.5) is 0 Å². The fourth-order valence-electron chi connectivity index (χ4n) is 2.09. The molecule has 1 aromatic carbocycles. The van der Waals surface area contributed by atoms with Gasteiger partial charge in [-0.2, -0.15) is 0 Å². The summed E-state index contributed by atoms with van der Waals surface area (Å²) in [7, 11) is 0. The second-order valence-corrected chi connectivity index (χ2v) is 5.27. The second-order valence-electron chi connectivity index (χ2n) is 4.45. The lowest BCUT2D eigenvalue weighted by molar-refractivity contribution is 0.472. The molecule has 0 amide bonds. The lowest BCUT2D eigenvalue weighted by Gasteiger charge is -2.17. The molecule has 88 valence electrons. The van der Waals surface area contributed by atoms with Crippen LogP contribution in [0.5, 0.6) is 0 Å². The lowest BCUT2D eigenvalue weighted by Crippen LogP contribution is -2.32. The zero-order chi connectivity index (χ0) is 11.5. The first-order valence-corrected chi connectivity index (χ1v) is 6.63. The monoisotopic (exact) mass is 257 g/mol. The van der Waals surface area contributed by atoms with Crippen molar-refractivity contribution in [2.24, 2.45) is 5.92 Å². The van der Waals surface area contributed by atoms with Crippen molar-refractivity contribution >= 4 is 23.2 Å². The van der Waals surface area contributed by atoms with Crippen LogP contribution < -0.4 is 5.32 Å². The van der Waals surface area contributed by atoms with E-state index in [9.17, 15) is 0 Å². The molecule has 1 saturated carbocycles. The van der Waals surface area contributed by atoms with Crippen LogP contribution in [0.25, 0.3) is 0 Å². The Balaban J connectivity index is 2.03. The Hall–Kier alpha value is -0.240. The second kappa shape index (κ2) is 5.39. The molecular weight excluding hydrogens is 241 g/mol. The Bertz CT molecular complexity index is 361. The minimum Gasteiger partial charge on any atom is -0.314 e. The highest BCUT2D eigenvalue weighted by Crippen LogP contribution is 2.34. The van der Waals surface area contributed by atoms with E-state index in [1.807, 2.05) is 12.1 Å². The van der Waals surface area contributed by atoms with E-state index in [2.05, 4.69) is 18.3 Å². The lowest BCUT2D eigenvalue weighted by atomic mass is 10.0. The van der Waals surface area contributed by atoms with Crippen LogP contribution in [0.3, 0.4) is 0 Å². The molecule has 0 radical (unpaired) electrons. The molecule has 0 heterocycles. The van der Waals surface area contributed by atoms with E-state index in [0.717, 1.165) is 18.9 Å². The predicted octanol–water partition coefficient (Wildman–Crippen LogP) is 3.92. The molecule has 1 aromatic rings. The summed E-state index contributed by atoms with van der Waals surface area (Å²) in [5, 5.41) is 4.84. The topological polar surface area (TPSA) is 12.0 Å². The Morgan fingerprint density at radius 1 is 1.31 bits per heavy atom. The highest BCUT2D eigenvalue weighted by atomic mass is 35.5. The summed E-state index contributed by atoms with van der Waals surface area (Å²) in [6.45, 7) is 3.19. The van der Waals surface area contributed by atoms with Gasteiger partial charge in [-0.05, 0) is 49.4 Å². The largest absolute Gasteiger partial charge is 0.314 e. The van der Waals surface area contributed by atoms with Crippen molar-refractivity contribution in [3.63, 3.8) is 0 Å². The Morgan fingerprint density at radius 3 is 2.62 bits per heavy atom. The van der Waals surface area contributed by atoms with Gasteiger partial charge in [-0.3, -0.25) is 0 Å². The number of hydrogen-bond acceptors (Lipinski definition) is 1. The van der Waals surface area contributed by atoms with Crippen molar-refractivity contribution in [2.45, 2.75) is 32.2 Å². The summed E-state index contributed by atoms with van der Waals surface area (Å²) in [6, 6.07) is 6.54. The normalized spacial score (nSPS) is 17.4. The maximum atomic E-state index is 6.02. The first kappa shape index (κ1) is 12.2. The number of halogens is 2. The van der Waals surface area contributed by atoms with Gasteiger partial charge in [0.25, 0.3) is 0 Å². The third-order valence-corrected chi connectivity index (χ3v) is 3.84. The molecule has 1 fully saturated rings. The average molecular weight is 258 g/mol. The third kappa shape index (κ3) is 3.13. The van der Waals surface area contributed by atoms with Gasteiger partial charge >= 0.3 is 0 Å². The van der Waals surface area contributed by atoms with Gasteiger partial charge in [0.05, 0.1) is 10.0 Å². The molecule has 1 N–H and O–H groups in total. The summed E-state index contributed by atoms with van der Waals surface area (Å²) < 4.78 is 0. The van der Waals surface area contributed by atoms with Gasteiger partial charge in [0.1, 0.15) is 0 Å². The minimum atomic E-state index is 0.599. The zero-order valence-electron chi connectivity index (χ0n) is 9.47. The summed E-state index contributed by atoms with van der Waals surface area (Å²) in [4.78, 5) is 0. The van der Waals surface area contributed by atoms with Crippen LogP contribution >= 0.6 is 23.2 Å². The standard InChI is InChI=1S/C13H17Cl2N/c1-2-16-13(10-4-5-10)8-9-3-6-11(14)12(15)7-9/h3,6-7,10,13,16H,2,4-5,8H2,1H3. The molecule has 0 aromatic heterocycles. The van der Waals surface area contributed by atoms with Gasteiger partial charge in [0, 0.05) is 6.04 Å². The predicted molar refractivity (Wildman–Crippen MR) is 70.4 cm³/mol. The summed E-state index contributed by atoms with van der Waals surface area (Å²) in [5.41, 5.74) is 1.27. The van der Waals surface area contributed by atoms with E-state index in [0.29, 0.717) is 16.1 Å². The average Bonchev–Trinajstić information content (AvgIpc) is 3.06. The van der Waals surface area contributed by atoms with E-state index in [-0.39, 0.29) is 0 Å². The van der Waals surface area contributed by atoms with E-state index in [1.165, 1.54) is 18.4 Å². The molecule has 1 atom stereocenters. The number of rotatable bonds is 5.